The van der Waals surface area contributed by atoms with Crippen molar-refractivity contribution in [3.05, 3.63) is 108 Å². The summed E-state index contributed by atoms with van der Waals surface area (Å²) in [5, 5.41) is 10.2. The van der Waals surface area contributed by atoms with Gasteiger partial charge in [0.1, 0.15) is 5.60 Å². The Balaban J connectivity index is 2.00. The highest BCUT2D eigenvalue weighted by molar-refractivity contribution is 5.30. The topological polar surface area (TPSA) is 23.5 Å². The number of hydrogen-bond acceptors (Lipinski definition) is 2. The van der Waals surface area contributed by atoms with Gasteiger partial charge in [-0.25, -0.2) is 0 Å². The molecule has 0 saturated heterocycles. The Morgan fingerprint density at radius 3 is 1.61 bits per heavy atom. The highest BCUT2D eigenvalue weighted by Crippen LogP contribution is 2.25. The molecule has 142 valence electrons. The van der Waals surface area contributed by atoms with E-state index in [1.54, 1.807) is 13.8 Å². The monoisotopic (exact) mass is 369 g/mol. The van der Waals surface area contributed by atoms with Crippen LogP contribution in [0.5, 0.6) is 0 Å². The van der Waals surface area contributed by atoms with Crippen LogP contribution in [0.15, 0.2) is 91.0 Å². The number of hydrogen-bond donors (Lipinski definition) is 1. The van der Waals surface area contributed by atoms with E-state index in [2.05, 4.69) is 77.4 Å². The van der Waals surface area contributed by atoms with Gasteiger partial charge >= 0.3 is 0 Å². The second-order valence-electron chi connectivity index (χ2n) is 7.52. The zero-order chi connectivity index (χ0) is 19.8. The Morgan fingerprint density at radius 1 is 0.750 bits per heavy atom. The lowest BCUT2D eigenvalue weighted by atomic mass is 10.0. The Hall–Kier alpha value is -2.86. The molecule has 0 spiro atoms. The van der Waals surface area contributed by atoms with Crippen LogP contribution in [0, 0.1) is 11.8 Å². The van der Waals surface area contributed by atoms with E-state index in [0.29, 0.717) is 0 Å². The molecule has 0 aromatic heterocycles. The van der Waals surface area contributed by atoms with E-state index in [4.69, 9.17) is 0 Å². The number of aliphatic hydroxyl groups is 1. The van der Waals surface area contributed by atoms with Gasteiger partial charge in [-0.2, -0.15) is 0 Å². The van der Waals surface area contributed by atoms with Crippen molar-refractivity contribution < 1.29 is 5.11 Å². The predicted molar refractivity (Wildman–Crippen MR) is 115 cm³/mol. The van der Waals surface area contributed by atoms with Crippen molar-refractivity contribution in [2.45, 2.75) is 38.6 Å². The van der Waals surface area contributed by atoms with E-state index in [0.717, 1.165) is 18.7 Å². The number of rotatable bonds is 6. The molecule has 3 aromatic carbocycles. The maximum atomic E-state index is 10.2. The van der Waals surface area contributed by atoms with E-state index in [9.17, 15) is 5.11 Å². The molecule has 2 nitrogen and oxygen atoms in total. The SMILES string of the molecule is CC(C)(O)C#C[C@H](c1ccccc1)N(Cc1ccccc1)Cc1ccccc1. The molecule has 1 N–H and O–H groups in total. The molecular weight excluding hydrogens is 342 g/mol. The standard InChI is InChI=1S/C26H27NO/c1-26(2,28)19-18-25(24-16-10-5-11-17-24)27(20-22-12-6-3-7-13-22)21-23-14-8-4-9-15-23/h3-17,25,28H,20-21H2,1-2H3/t25-/m1/s1. The van der Waals surface area contributed by atoms with Crippen LogP contribution in [0.4, 0.5) is 0 Å². The minimum absolute atomic E-state index is 0.118. The van der Waals surface area contributed by atoms with E-state index < -0.39 is 5.60 Å². The molecule has 1 atom stereocenters. The van der Waals surface area contributed by atoms with E-state index in [1.165, 1.54) is 11.1 Å². The van der Waals surface area contributed by atoms with Crippen LogP contribution in [0.3, 0.4) is 0 Å². The van der Waals surface area contributed by atoms with Crippen molar-refractivity contribution >= 4 is 0 Å². The summed E-state index contributed by atoms with van der Waals surface area (Å²) in [6, 6.07) is 31.1. The molecule has 3 aromatic rings. The van der Waals surface area contributed by atoms with Crippen LogP contribution in [-0.4, -0.2) is 15.6 Å². The fraction of sp³-hybridized carbons (Fsp3) is 0.231. The van der Waals surface area contributed by atoms with Crippen molar-refractivity contribution in [2.24, 2.45) is 0 Å². The summed E-state index contributed by atoms with van der Waals surface area (Å²) in [4.78, 5) is 2.36. The van der Waals surface area contributed by atoms with Crippen LogP contribution in [-0.2, 0) is 13.1 Å². The summed E-state index contributed by atoms with van der Waals surface area (Å²) in [6.45, 7) is 4.99. The molecule has 2 heteroatoms. The predicted octanol–water partition coefficient (Wildman–Crippen LogP) is 5.20. The average molecular weight is 370 g/mol. The zero-order valence-corrected chi connectivity index (χ0v) is 16.5. The largest absolute Gasteiger partial charge is 0.378 e. The fourth-order valence-corrected chi connectivity index (χ4v) is 3.14. The molecule has 28 heavy (non-hydrogen) atoms. The first kappa shape index (κ1) is 19.9. The molecule has 0 unspecified atom stereocenters. The van der Waals surface area contributed by atoms with Gasteiger partial charge in [0.05, 0.1) is 6.04 Å². The number of benzene rings is 3. The lowest BCUT2D eigenvalue weighted by molar-refractivity contribution is 0.142. The highest BCUT2D eigenvalue weighted by Gasteiger charge is 2.20. The minimum atomic E-state index is -1.03. The molecular formula is C26H27NO. The van der Waals surface area contributed by atoms with Crippen molar-refractivity contribution in [1.29, 1.82) is 0 Å². The van der Waals surface area contributed by atoms with Crippen molar-refractivity contribution in [1.82, 2.24) is 4.90 Å². The second kappa shape index (κ2) is 9.37. The van der Waals surface area contributed by atoms with Crippen molar-refractivity contribution in [3.63, 3.8) is 0 Å². The summed E-state index contributed by atoms with van der Waals surface area (Å²) in [7, 11) is 0. The van der Waals surface area contributed by atoms with Crippen LogP contribution >= 0.6 is 0 Å². The third-order valence-corrected chi connectivity index (χ3v) is 4.45. The highest BCUT2D eigenvalue weighted by atomic mass is 16.3. The van der Waals surface area contributed by atoms with Crippen LogP contribution in [0.2, 0.25) is 0 Å². The van der Waals surface area contributed by atoms with E-state index in [1.807, 2.05) is 30.3 Å². The van der Waals surface area contributed by atoms with Crippen LogP contribution in [0.25, 0.3) is 0 Å². The van der Waals surface area contributed by atoms with Gasteiger partial charge in [0, 0.05) is 13.1 Å². The van der Waals surface area contributed by atoms with Gasteiger partial charge in [-0.1, -0.05) is 103 Å². The average Bonchev–Trinajstić information content (AvgIpc) is 2.69. The third-order valence-electron chi connectivity index (χ3n) is 4.45. The molecule has 0 bridgehead atoms. The van der Waals surface area contributed by atoms with Gasteiger partial charge in [-0.3, -0.25) is 4.90 Å². The first-order valence-corrected chi connectivity index (χ1v) is 9.63. The molecule has 0 radical (unpaired) electrons. The van der Waals surface area contributed by atoms with E-state index >= 15 is 0 Å². The van der Waals surface area contributed by atoms with Gasteiger partial charge in [-0.15, -0.1) is 0 Å². The minimum Gasteiger partial charge on any atom is -0.378 e. The normalized spacial score (nSPS) is 12.3. The lowest BCUT2D eigenvalue weighted by Crippen LogP contribution is -2.28. The van der Waals surface area contributed by atoms with Crippen molar-refractivity contribution in [3.8, 4) is 11.8 Å². The summed E-state index contributed by atoms with van der Waals surface area (Å²) in [5.41, 5.74) is 2.58. The lowest BCUT2D eigenvalue weighted by Gasteiger charge is -2.29. The zero-order valence-electron chi connectivity index (χ0n) is 16.5. The summed E-state index contributed by atoms with van der Waals surface area (Å²) in [6.07, 6.45) is 0. The summed E-state index contributed by atoms with van der Waals surface area (Å²) >= 11 is 0. The molecule has 0 fully saturated rings. The first-order valence-electron chi connectivity index (χ1n) is 9.63. The third kappa shape index (κ3) is 6.09. The summed E-state index contributed by atoms with van der Waals surface area (Å²) < 4.78 is 0. The van der Waals surface area contributed by atoms with Gasteiger partial charge in [0.25, 0.3) is 0 Å². The Labute approximate surface area is 168 Å². The summed E-state index contributed by atoms with van der Waals surface area (Å²) in [5.74, 6) is 6.38. The quantitative estimate of drug-likeness (QED) is 0.603. The molecule has 0 aliphatic heterocycles. The smallest absolute Gasteiger partial charge is 0.120 e. The molecule has 0 aliphatic carbocycles. The van der Waals surface area contributed by atoms with E-state index in [-0.39, 0.29) is 6.04 Å². The molecule has 0 aliphatic rings. The Kier molecular flexibility index (Phi) is 6.66. The van der Waals surface area contributed by atoms with Gasteiger partial charge in [0.2, 0.25) is 0 Å². The van der Waals surface area contributed by atoms with Gasteiger partial charge < -0.3 is 5.11 Å². The maximum absolute atomic E-state index is 10.2. The maximum Gasteiger partial charge on any atom is 0.120 e. The van der Waals surface area contributed by atoms with Crippen LogP contribution in [0.1, 0.15) is 36.6 Å². The molecule has 0 amide bonds. The molecule has 0 saturated carbocycles. The molecule has 3 rings (SSSR count). The van der Waals surface area contributed by atoms with Gasteiger partial charge in [0.15, 0.2) is 0 Å². The molecule has 0 heterocycles. The first-order chi connectivity index (χ1) is 13.5. The Bertz CT molecular complexity index is 861. The van der Waals surface area contributed by atoms with Crippen molar-refractivity contribution in [2.75, 3.05) is 0 Å². The Morgan fingerprint density at radius 2 is 1.18 bits per heavy atom. The van der Waals surface area contributed by atoms with Gasteiger partial charge in [-0.05, 0) is 30.5 Å². The number of nitrogens with zero attached hydrogens (tertiary/aromatic N) is 1. The van der Waals surface area contributed by atoms with Crippen LogP contribution < -0.4 is 0 Å². The fourth-order valence-electron chi connectivity index (χ4n) is 3.14. The second-order valence-corrected chi connectivity index (χ2v) is 7.52.